The highest BCUT2D eigenvalue weighted by Gasteiger charge is 2.24. The van der Waals surface area contributed by atoms with Gasteiger partial charge in [-0.05, 0) is 49.0 Å². The Morgan fingerprint density at radius 2 is 2.04 bits per heavy atom. The Hall–Kier alpha value is -2.71. The maximum atomic E-state index is 12.3. The van der Waals surface area contributed by atoms with E-state index in [4.69, 9.17) is 17.3 Å². The molecule has 0 aliphatic heterocycles. The third-order valence-electron chi connectivity index (χ3n) is 4.25. The summed E-state index contributed by atoms with van der Waals surface area (Å²) in [7, 11) is 0. The van der Waals surface area contributed by atoms with Crippen LogP contribution in [-0.2, 0) is 17.6 Å². The Labute approximate surface area is 164 Å². The van der Waals surface area contributed by atoms with Crippen molar-refractivity contribution in [2.75, 3.05) is 5.32 Å². The van der Waals surface area contributed by atoms with Crippen LogP contribution >= 0.6 is 22.9 Å². The van der Waals surface area contributed by atoms with E-state index >= 15 is 0 Å². The first-order valence-corrected chi connectivity index (χ1v) is 9.43. The molecule has 0 spiro atoms. The molecule has 0 unspecified atom stereocenters. The van der Waals surface area contributed by atoms with Crippen LogP contribution in [0.3, 0.4) is 0 Å². The fourth-order valence-electron chi connectivity index (χ4n) is 3.01. The van der Waals surface area contributed by atoms with Crippen molar-refractivity contribution >= 4 is 51.5 Å². The van der Waals surface area contributed by atoms with Crippen molar-refractivity contribution in [1.29, 1.82) is 0 Å². The predicted molar refractivity (Wildman–Crippen MR) is 105 cm³/mol. The zero-order chi connectivity index (χ0) is 19.6. The van der Waals surface area contributed by atoms with Crippen LogP contribution in [0.4, 0.5) is 10.7 Å². The molecule has 2 amide bonds. The largest absolute Gasteiger partial charge is 0.365 e. The summed E-state index contributed by atoms with van der Waals surface area (Å²) in [6.45, 7) is 0. The highest BCUT2D eigenvalue weighted by Crippen LogP contribution is 2.37. The number of nitro groups is 1. The summed E-state index contributed by atoms with van der Waals surface area (Å²) in [6.07, 6.45) is 6.39. The first-order chi connectivity index (χ1) is 12.9. The number of hydrogen-bond acceptors (Lipinski definition) is 5. The molecule has 0 saturated heterocycles. The lowest BCUT2D eigenvalue weighted by molar-refractivity contribution is -0.384. The second-order valence-electron chi connectivity index (χ2n) is 6.07. The van der Waals surface area contributed by atoms with Crippen LogP contribution in [0.25, 0.3) is 6.08 Å². The third-order valence-corrected chi connectivity index (χ3v) is 5.78. The van der Waals surface area contributed by atoms with Gasteiger partial charge in [-0.2, -0.15) is 0 Å². The van der Waals surface area contributed by atoms with Gasteiger partial charge in [-0.25, -0.2) is 0 Å². The number of primary amides is 1. The number of amides is 2. The number of halogens is 1. The van der Waals surface area contributed by atoms with Gasteiger partial charge in [0.1, 0.15) is 10.0 Å². The summed E-state index contributed by atoms with van der Waals surface area (Å²) in [6, 6.07) is 4.25. The lowest BCUT2D eigenvalue weighted by Gasteiger charge is -2.11. The van der Waals surface area contributed by atoms with Crippen LogP contribution in [0.1, 0.15) is 39.2 Å². The molecule has 3 rings (SSSR count). The highest BCUT2D eigenvalue weighted by atomic mass is 35.5. The number of hydrogen-bond donors (Lipinski definition) is 2. The fourth-order valence-corrected chi connectivity index (χ4v) is 4.50. The van der Waals surface area contributed by atoms with E-state index in [0.29, 0.717) is 16.1 Å². The second kappa shape index (κ2) is 7.89. The number of benzene rings is 1. The fraction of sp³-hybridized carbons (Fsp3) is 0.222. The number of nitrogens with two attached hydrogens (primary N) is 1. The molecule has 2 aromatic rings. The van der Waals surface area contributed by atoms with E-state index in [9.17, 15) is 19.7 Å². The van der Waals surface area contributed by atoms with Crippen molar-refractivity contribution in [3.8, 4) is 0 Å². The second-order valence-corrected chi connectivity index (χ2v) is 7.58. The molecule has 1 aliphatic carbocycles. The van der Waals surface area contributed by atoms with Gasteiger partial charge in [0.15, 0.2) is 0 Å². The van der Waals surface area contributed by atoms with E-state index in [0.717, 1.165) is 36.1 Å². The molecule has 1 aromatic heterocycles. The number of nitro benzene ring substituents is 1. The number of thiophene rings is 1. The summed E-state index contributed by atoms with van der Waals surface area (Å²) < 4.78 is 0. The molecular formula is C18H16ClN3O4S. The number of anilines is 1. The Bertz CT molecular complexity index is 968. The molecule has 1 aliphatic rings. The zero-order valence-corrected chi connectivity index (χ0v) is 15.7. The maximum absolute atomic E-state index is 12.3. The van der Waals surface area contributed by atoms with E-state index in [1.165, 1.54) is 35.6 Å². The van der Waals surface area contributed by atoms with Crippen molar-refractivity contribution in [1.82, 2.24) is 0 Å². The van der Waals surface area contributed by atoms with Gasteiger partial charge in [-0.1, -0.05) is 17.7 Å². The Morgan fingerprint density at radius 3 is 2.74 bits per heavy atom. The van der Waals surface area contributed by atoms with Crippen LogP contribution < -0.4 is 11.1 Å². The van der Waals surface area contributed by atoms with Crippen LogP contribution in [0.15, 0.2) is 24.3 Å². The lowest BCUT2D eigenvalue weighted by Crippen LogP contribution is -2.17. The van der Waals surface area contributed by atoms with Gasteiger partial charge in [-0.15, -0.1) is 11.3 Å². The summed E-state index contributed by atoms with van der Waals surface area (Å²) >= 11 is 7.15. The molecule has 0 saturated carbocycles. The predicted octanol–water partition coefficient (Wildman–Crippen LogP) is 3.94. The van der Waals surface area contributed by atoms with Crippen molar-refractivity contribution in [2.45, 2.75) is 25.7 Å². The number of carbonyl (C=O) groups is 2. The molecular weight excluding hydrogens is 390 g/mol. The molecule has 0 atom stereocenters. The summed E-state index contributed by atoms with van der Waals surface area (Å²) in [5.41, 5.74) is 7.05. The zero-order valence-electron chi connectivity index (χ0n) is 14.2. The van der Waals surface area contributed by atoms with E-state index in [1.54, 1.807) is 6.07 Å². The number of rotatable bonds is 5. The molecule has 0 fully saturated rings. The minimum atomic E-state index is -0.588. The van der Waals surface area contributed by atoms with E-state index in [1.807, 2.05) is 0 Å². The monoisotopic (exact) mass is 405 g/mol. The number of nitrogens with one attached hydrogen (secondary N) is 1. The van der Waals surface area contributed by atoms with Gasteiger partial charge in [-0.3, -0.25) is 19.7 Å². The van der Waals surface area contributed by atoms with Gasteiger partial charge in [0.25, 0.3) is 11.6 Å². The van der Waals surface area contributed by atoms with Crippen molar-refractivity contribution in [3.63, 3.8) is 0 Å². The van der Waals surface area contributed by atoms with Gasteiger partial charge in [0, 0.05) is 17.0 Å². The first kappa shape index (κ1) is 19.1. The minimum absolute atomic E-state index is 0.0249. The summed E-state index contributed by atoms with van der Waals surface area (Å²) in [4.78, 5) is 35.5. The molecule has 0 radical (unpaired) electrons. The van der Waals surface area contributed by atoms with E-state index < -0.39 is 16.7 Å². The number of carbonyl (C=O) groups excluding carboxylic acids is 2. The van der Waals surface area contributed by atoms with Crippen molar-refractivity contribution < 1.29 is 14.5 Å². The highest BCUT2D eigenvalue weighted by molar-refractivity contribution is 7.17. The SMILES string of the molecule is NC(=O)c1c(NC(=O)C=Cc2ccc(Cl)c([N+](=O)[O-])c2)sc2c1CCCC2. The Kier molecular flexibility index (Phi) is 5.57. The molecule has 3 N–H and O–H groups in total. The maximum Gasteiger partial charge on any atom is 0.288 e. The number of nitrogens with zero attached hydrogens (tertiary/aromatic N) is 1. The van der Waals surface area contributed by atoms with Gasteiger partial charge < -0.3 is 11.1 Å². The van der Waals surface area contributed by atoms with Crippen LogP contribution in [-0.4, -0.2) is 16.7 Å². The van der Waals surface area contributed by atoms with E-state index in [2.05, 4.69) is 5.32 Å². The molecule has 1 heterocycles. The molecule has 1 aromatic carbocycles. The van der Waals surface area contributed by atoms with Crippen molar-refractivity contribution in [2.24, 2.45) is 5.73 Å². The van der Waals surface area contributed by atoms with Gasteiger partial charge >= 0.3 is 0 Å². The number of aryl methyl sites for hydroxylation is 1. The smallest absolute Gasteiger partial charge is 0.288 e. The Balaban J connectivity index is 1.79. The lowest BCUT2D eigenvalue weighted by atomic mass is 9.95. The topological polar surface area (TPSA) is 115 Å². The summed E-state index contributed by atoms with van der Waals surface area (Å²) in [5, 5.41) is 14.1. The molecule has 7 nitrogen and oxygen atoms in total. The van der Waals surface area contributed by atoms with Crippen LogP contribution in [0.2, 0.25) is 5.02 Å². The molecule has 0 bridgehead atoms. The molecule has 27 heavy (non-hydrogen) atoms. The van der Waals surface area contributed by atoms with Gasteiger partial charge in [0.2, 0.25) is 5.91 Å². The number of fused-ring (bicyclic) bond motifs is 1. The Morgan fingerprint density at radius 1 is 1.30 bits per heavy atom. The van der Waals surface area contributed by atoms with Gasteiger partial charge in [0.05, 0.1) is 10.5 Å². The summed E-state index contributed by atoms with van der Waals surface area (Å²) in [5.74, 6) is -1.00. The standard InChI is InChI=1S/C18H16ClN3O4S/c19-12-7-5-10(9-13(12)22(25)26)6-8-15(23)21-18-16(17(20)24)11-3-1-2-4-14(11)27-18/h5-9H,1-4H2,(H2,20,24)(H,21,23). The average Bonchev–Trinajstić information content (AvgIpc) is 2.98. The molecule has 9 heteroatoms. The first-order valence-electron chi connectivity index (χ1n) is 8.24. The third kappa shape index (κ3) is 4.17. The van der Waals surface area contributed by atoms with Crippen molar-refractivity contribution in [3.05, 3.63) is 61.0 Å². The molecule has 140 valence electrons. The van der Waals surface area contributed by atoms with Crippen LogP contribution in [0.5, 0.6) is 0 Å². The normalized spacial score (nSPS) is 13.4. The van der Waals surface area contributed by atoms with Crippen LogP contribution in [0, 0.1) is 10.1 Å². The quantitative estimate of drug-likeness (QED) is 0.445. The average molecular weight is 406 g/mol. The van der Waals surface area contributed by atoms with E-state index in [-0.39, 0.29) is 10.7 Å². The minimum Gasteiger partial charge on any atom is -0.365 e.